The summed E-state index contributed by atoms with van der Waals surface area (Å²) in [5, 5.41) is 10.5. The molecule has 1 aliphatic heterocycles. The van der Waals surface area contributed by atoms with Crippen LogP contribution in [0.3, 0.4) is 0 Å². The summed E-state index contributed by atoms with van der Waals surface area (Å²) < 4.78 is 5.81. The maximum absolute atomic E-state index is 13.3. The number of cyclic esters (lactones) is 1. The first-order chi connectivity index (χ1) is 18.2. The first kappa shape index (κ1) is 29.1. The summed E-state index contributed by atoms with van der Waals surface area (Å²) in [5.41, 5.74) is 0.883. The van der Waals surface area contributed by atoms with Crippen molar-refractivity contribution in [3.63, 3.8) is 0 Å². The van der Waals surface area contributed by atoms with Gasteiger partial charge in [0.15, 0.2) is 0 Å². The Bertz CT molecular complexity index is 1130. The minimum Gasteiger partial charge on any atom is -0.460 e. The predicted molar refractivity (Wildman–Crippen MR) is 147 cm³/mol. The second kappa shape index (κ2) is 13.9. The maximum Gasteiger partial charge on any atom is 0.329 e. The molecule has 0 aromatic heterocycles. The van der Waals surface area contributed by atoms with Crippen LogP contribution in [0.2, 0.25) is 0 Å². The minimum absolute atomic E-state index is 0.0479. The van der Waals surface area contributed by atoms with Crippen LogP contribution in [0.5, 0.6) is 0 Å². The first-order valence-electron chi connectivity index (χ1n) is 13.8. The molecule has 8 heteroatoms. The van der Waals surface area contributed by atoms with Crippen molar-refractivity contribution >= 4 is 34.5 Å². The molecule has 0 saturated carbocycles. The summed E-state index contributed by atoms with van der Waals surface area (Å²) in [6.45, 7) is 7.44. The van der Waals surface area contributed by atoms with Crippen molar-refractivity contribution in [2.75, 3.05) is 0 Å². The Morgan fingerprint density at radius 1 is 0.921 bits per heavy atom. The van der Waals surface area contributed by atoms with Crippen LogP contribution >= 0.6 is 0 Å². The molecule has 5 atom stereocenters. The van der Waals surface area contributed by atoms with E-state index in [-0.39, 0.29) is 24.7 Å². The molecule has 0 bridgehead atoms. The Hall–Kier alpha value is -3.42. The van der Waals surface area contributed by atoms with Gasteiger partial charge in [0.05, 0.1) is 6.42 Å². The van der Waals surface area contributed by atoms with Crippen LogP contribution in [-0.4, -0.2) is 47.9 Å². The van der Waals surface area contributed by atoms with E-state index >= 15 is 0 Å². The lowest BCUT2D eigenvalue weighted by molar-refractivity contribution is -0.156. The van der Waals surface area contributed by atoms with E-state index in [1.165, 1.54) is 0 Å². The van der Waals surface area contributed by atoms with Gasteiger partial charge >= 0.3 is 5.97 Å². The standard InChI is InChI=1S/C30H41N3O5/c1-5-7-8-13-24-18-26(34)32-25(17-21-14-15-22-11-9-10-12-23(22)16-21)29(36)31-20(4)28(35)33-27(19(3)6-2)30(37)38-24/h9-12,14-16,19-20,24-25,27H,5-8,13,17-18H2,1-4H3,(H,31,36)(H,32,34)(H,33,35)/t19-,20-,24+,25-,27+/m0/s1. The van der Waals surface area contributed by atoms with Crippen LogP contribution in [0.4, 0.5) is 0 Å². The van der Waals surface area contributed by atoms with Gasteiger partial charge in [0.25, 0.3) is 0 Å². The largest absolute Gasteiger partial charge is 0.460 e. The molecule has 0 spiro atoms. The van der Waals surface area contributed by atoms with Crippen molar-refractivity contribution in [2.24, 2.45) is 5.92 Å². The van der Waals surface area contributed by atoms with Gasteiger partial charge in [-0.3, -0.25) is 14.4 Å². The number of hydrogen-bond donors (Lipinski definition) is 3. The van der Waals surface area contributed by atoms with E-state index in [2.05, 4.69) is 22.9 Å². The summed E-state index contributed by atoms with van der Waals surface area (Å²) in [6, 6.07) is 11.2. The van der Waals surface area contributed by atoms with Crippen LogP contribution in [0.25, 0.3) is 10.8 Å². The normalized spacial score (nSPS) is 24.2. The summed E-state index contributed by atoms with van der Waals surface area (Å²) >= 11 is 0. The Morgan fingerprint density at radius 3 is 2.37 bits per heavy atom. The highest BCUT2D eigenvalue weighted by Crippen LogP contribution is 2.19. The molecule has 38 heavy (non-hydrogen) atoms. The van der Waals surface area contributed by atoms with Crippen LogP contribution < -0.4 is 16.0 Å². The fraction of sp³-hybridized carbons (Fsp3) is 0.533. The minimum atomic E-state index is -0.904. The first-order valence-corrected chi connectivity index (χ1v) is 13.8. The number of ether oxygens (including phenoxy) is 1. The van der Waals surface area contributed by atoms with Crippen molar-refractivity contribution in [3.05, 3.63) is 48.0 Å². The molecule has 1 saturated heterocycles. The number of esters is 1. The lowest BCUT2D eigenvalue weighted by Crippen LogP contribution is -2.55. The molecule has 0 radical (unpaired) electrons. The second-order valence-corrected chi connectivity index (χ2v) is 10.4. The molecular weight excluding hydrogens is 482 g/mol. The van der Waals surface area contributed by atoms with E-state index in [9.17, 15) is 19.2 Å². The fourth-order valence-electron chi connectivity index (χ4n) is 4.66. The van der Waals surface area contributed by atoms with Crippen molar-refractivity contribution < 1.29 is 23.9 Å². The number of amides is 3. The second-order valence-electron chi connectivity index (χ2n) is 10.4. The number of carbonyl (C=O) groups is 4. The Labute approximate surface area is 225 Å². The summed E-state index contributed by atoms with van der Waals surface area (Å²) in [4.78, 5) is 52.6. The summed E-state index contributed by atoms with van der Waals surface area (Å²) in [6.07, 6.45) is 3.50. The summed E-state index contributed by atoms with van der Waals surface area (Å²) in [5.74, 6) is -2.02. The SMILES string of the molecule is CCCCC[C@@H]1CC(=O)N[C@@H](Cc2ccc3ccccc3c2)C(=O)N[C@@H](C)C(=O)N[C@H]([C@@H](C)CC)C(=O)O1. The zero-order valence-electron chi connectivity index (χ0n) is 22.9. The van der Waals surface area contributed by atoms with E-state index in [1.807, 2.05) is 56.3 Å². The van der Waals surface area contributed by atoms with Gasteiger partial charge < -0.3 is 20.7 Å². The van der Waals surface area contributed by atoms with Crippen LogP contribution in [0, 0.1) is 5.92 Å². The fourth-order valence-corrected chi connectivity index (χ4v) is 4.66. The van der Waals surface area contributed by atoms with E-state index in [0.717, 1.165) is 35.6 Å². The Kier molecular flexibility index (Phi) is 10.7. The number of carbonyl (C=O) groups excluding carboxylic acids is 4. The average Bonchev–Trinajstić information content (AvgIpc) is 2.90. The third kappa shape index (κ3) is 8.04. The van der Waals surface area contributed by atoms with E-state index in [4.69, 9.17) is 4.74 Å². The predicted octanol–water partition coefficient (Wildman–Crippen LogP) is 3.80. The summed E-state index contributed by atoms with van der Waals surface area (Å²) in [7, 11) is 0. The number of benzene rings is 2. The topological polar surface area (TPSA) is 114 Å². The van der Waals surface area contributed by atoms with Gasteiger partial charge in [-0.05, 0) is 42.0 Å². The smallest absolute Gasteiger partial charge is 0.329 e. The van der Waals surface area contributed by atoms with Crippen LogP contribution in [-0.2, 0) is 30.3 Å². The highest BCUT2D eigenvalue weighted by atomic mass is 16.5. The van der Waals surface area contributed by atoms with Crippen LogP contribution in [0.15, 0.2) is 42.5 Å². The van der Waals surface area contributed by atoms with Gasteiger partial charge in [-0.1, -0.05) is 82.5 Å². The van der Waals surface area contributed by atoms with Crippen molar-refractivity contribution in [2.45, 2.75) is 96.9 Å². The maximum atomic E-state index is 13.3. The number of rotatable bonds is 8. The van der Waals surface area contributed by atoms with Gasteiger partial charge in [-0.25, -0.2) is 4.79 Å². The molecule has 3 amide bonds. The Balaban J connectivity index is 1.88. The molecule has 206 valence electrons. The van der Waals surface area contributed by atoms with Gasteiger partial charge in [-0.15, -0.1) is 0 Å². The van der Waals surface area contributed by atoms with Crippen molar-refractivity contribution in [3.8, 4) is 0 Å². The van der Waals surface area contributed by atoms with Gasteiger partial charge in [0.2, 0.25) is 17.7 Å². The van der Waals surface area contributed by atoms with Crippen LogP contribution in [0.1, 0.15) is 71.8 Å². The molecule has 8 nitrogen and oxygen atoms in total. The molecule has 3 N–H and O–H groups in total. The lowest BCUT2D eigenvalue weighted by atomic mass is 9.98. The third-order valence-corrected chi connectivity index (χ3v) is 7.25. The highest BCUT2D eigenvalue weighted by molar-refractivity contribution is 5.94. The van der Waals surface area contributed by atoms with E-state index in [0.29, 0.717) is 12.8 Å². The van der Waals surface area contributed by atoms with Gasteiger partial charge in [0.1, 0.15) is 24.2 Å². The molecule has 2 aromatic rings. The molecule has 2 aromatic carbocycles. The number of unbranched alkanes of at least 4 members (excludes halogenated alkanes) is 2. The highest BCUT2D eigenvalue weighted by Gasteiger charge is 2.33. The number of fused-ring (bicyclic) bond motifs is 1. The zero-order valence-corrected chi connectivity index (χ0v) is 22.9. The molecule has 3 rings (SSSR count). The third-order valence-electron chi connectivity index (χ3n) is 7.25. The monoisotopic (exact) mass is 523 g/mol. The number of nitrogens with one attached hydrogen (secondary N) is 3. The molecule has 1 heterocycles. The van der Waals surface area contributed by atoms with E-state index in [1.54, 1.807) is 6.92 Å². The van der Waals surface area contributed by atoms with E-state index < -0.39 is 42.0 Å². The quantitative estimate of drug-likeness (QED) is 0.360. The van der Waals surface area contributed by atoms with Crippen molar-refractivity contribution in [1.29, 1.82) is 0 Å². The molecule has 0 aliphatic carbocycles. The average molecular weight is 524 g/mol. The molecule has 0 unspecified atom stereocenters. The molecule has 1 aliphatic rings. The lowest BCUT2D eigenvalue weighted by Gasteiger charge is -2.26. The van der Waals surface area contributed by atoms with Gasteiger partial charge in [-0.2, -0.15) is 0 Å². The molecular formula is C30H41N3O5. The number of hydrogen-bond acceptors (Lipinski definition) is 5. The van der Waals surface area contributed by atoms with Gasteiger partial charge in [0, 0.05) is 6.42 Å². The van der Waals surface area contributed by atoms with Crippen molar-refractivity contribution in [1.82, 2.24) is 16.0 Å². The molecule has 1 fully saturated rings. The Morgan fingerprint density at radius 2 is 1.66 bits per heavy atom. The zero-order chi connectivity index (χ0) is 27.7.